The zero-order valence-corrected chi connectivity index (χ0v) is 21.1. The van der Waals surface area contributed by atoms with Crippen LogP contribution < -0.4 is 15.9 Å². The summed E-state index contributed by atoms with van der Waals surface area (Å²) in [7, 11) is 2.71. The van der Waals surface area contributed by atoms with Crippen molar-refractivity contribution >= 4 is 16.9 Å². The molecular weight excluding hydrogens is 492 g/mol. The fourth-order valence-corrected chi connectivity index (χ4v) is 4.54. The monoisotopic (exact) mass is 520 g/mol. The average Bonchev–Trinajstić information content (AvgIpc) is 2.88. The first-order chi connectivity index (χ1) is 18.1. The van der Waals surface area contributed by atoms with Gasteiger partial charge < -0.3 is 34.3 Å². The average molecular weight is 521 g/mol. The summed E-state index contributed by atoms with van der Waals surface area (Å²) >= 11 is 0. The zero-order chi connectivity index (χ0) is 27.6. The molecule has 0 aliphatic heterocycles. The number of phenolic OH excluding ortho intramolecular Hbond substituents is 2. The Bertz CT molecular complexity index is 1640. The number of H-pyrrole nitrogens is 1. The van der Waals surface area contributed by atoms with Crippen LogP contribution in [0.25, 0.3) is 10.9 Å². The number of nitrogens with zero attached hydrogens (tertiary/aromatic N) is 1. The lowest BCUT2D eigenvalue weighted by atomic mass is 9.88. The van der Waals surface area contributed by atoms with Gasteiger partial charge in [-0.3, -0.25) is 14.4 Å². The lowest BCUT2D eigenvalue weighted by molar-refractivity contribution is -0.140. The normalized spacial score (nSPS) is 11.9. The summed E-state index contributed by atoms with van der Waals surface area (Å²) < 4.78 is 11.5. The Kier molecular flexibility index (Phi) is 7.43. The molecule has 2 heterocycles. The van der Waals surface area contributed by atoms with E-state index >= 15 is 0 Å². The van der Waals surface area contributed by atoms with Gasteiger partial charge in [0.25, 0.3) is 11.1 Å². The summed E-state index contributed by atoms with van der Waals surface area (Å²) in [4.78, 5) is 42.1. The minimum absolute atomic E-state index is 0.104. The molecule has 0 bridgehead atoms. The van der Waals surface area contributed by atoms with Crippen LogP contribution in [0.3, 0.4) is 0 Å². The second kappa shape index (κ2) is 10.7. The number of benzene rings is 2. The lowest BCUT2D eigenvalue weighted by Crippen LogP contribution is -2.31. The van der Waals surface area contributed by atoms with Crippen molar-refractivity contribution in [2.45, 2.75) is 32.2 Å². The number of hydrogen-bond acceptors (Lipinski definition) is 8. The van der Waals surface area contributed by atoms with Crippen LogP contribution in [0.15, 0.2) is 58.1 Å². The van der Waals surface area contributed by atoms with Crippen LogP contribution in [0, 0.1) is 6.92 Å². The van der Waals surface area contributed by atoms with E-state index in [1.54, 1.807) is 37.3 Å². The van der Waals surface area contributed by atoms with Crippen LogP contribution in [0.2, 0.25) is 0 Å². The smallest absolute Gasteiger partial charge is 0.306 e. The highest BCUT2D eigenvalue weighted by Crippen LogP contribution is 2.32. The molecule has 0 aliphatic rings. The van der Waals surface area contributed by atoms with E-state index in [0.29, 0.717) is 34.3 Å². The summed E-state index contributed by atoms with van der Waals surface area (Å²) in [5.74, 6) is -2.06. The van der Waals surface area contributed by atoms with Crippen LogP contribution >= 0.6 is 0 Å². The third kappa shape index (κ3) is 5.19. The van der Waals surface area contributed by atoms with E-state index in [-0.39, 0.29) is 41.3 Å². The Labute approximate surface area is 217 Å². The molecule has 4 rings (SSSR count). The molecule has 198 valence electrons. The molecule has 0 unspecified atom stereocenters. The summed E-state index contributed by atoms with van der Waals surface area (Å²) in [6, 6.07) is 12.5. The van der Waals surface area contributed by atoms with Gasteiger partial charge in [0.05, 0.1) is 31.7 Å². The van der Waals surface area contributed by atoms with Crippen molar-refractivity contribution in [2.24, 2.45) is 0 Å². The molecule has 10 heteroatoms. The highest BCUT2D eigenvalue weighted by atomic mass is 16.5. The van der Waals surface area contributed by atoms with Crippen molar-refractivity contribution in [3.8, 4) is 23.0 Å². The van der Waals surface area contributed by atoms with E-state index in [1.807, 2.05) is 0 Å². The molecule has 0 fully saturated rings. The van der Waals surface area contributed by atoms with Crippen molar-refractivity contribution in [1.82, 2.24) is 9.55 Å². The predicted molar refractivity (Wildman–Crippen MR) is 140 cm³/mol. The molecule has 0 saturated carbocycles. The number of carbonyl (C=O) groups is 1. The molecule has 2 aromatic heterocycles. The minimum atomic E-state index is -1.09. The van der Waals surface area contributed by atoms with E-state index < -0.39 is 23.0 Å². The molecule has 0 radical (unpaired) electrons. The van der Waals surface area contributed by atoms with Gasteiger partial charge in [0.2, 0.25) is 0 Å². The van der Waals surface area contributed by atoms with Gasteiger partial charge in [0.15, 0.2) is 11.5 Å². The van der Waals surface area contributed by atoms with Crippen LogP contribution in [0.4, 0.5) is 0 Å². The molecule has 38 heavy (non-hydrogen) atoms. The maximum absolute atomic E-state index is 13.7. The van der Waals surface area contributed by atoms with Crippen LogP contribution in [-0.4, -0.2) is 45.1 Å². The van der Waals surface area contributed by atoms with Crippen molar-refractivity contribution in [3.05, 3.63) is 91.6 Å². The molecule has 2 aromatic carbocycles. The van der Waals surface area contributed by atoms with Gasteiger partial charge >= 0.3 is 5.97 Å². The second-order valence-corrected chi connectivity index (χ2v) is 8.95. The van der Waals surface area contributed by atoms with Crippen molar-refractivity contribution < 1.29 is 29.6 Å². The number of carbonyl (C=O) groups excluding carboxylic acids is 1. The van der Waals surface area contributed by atoms with Crippen molar-refractivity contribution in [2.75, 3.05) is 14.2 Å². The molecule has 0 amide bonds. The highest BCUT2D eigenvalue weighted by Gasteiger charge is 2.29. The molecule has 10 nitrogen and oxygen atoms in total. The van der Waals surface area contributed by atoms with Crippen LogP contribution in [0.1, 0.15) is 34.7 Å². The highest BCUT2D eigenvalue weighted by molar-refractivity contribution is 5.81. The van der Waals surface area contributed by atoms with Gasteiger partial charge in [-0.05, 0) is 60.7 Å². The van der Waals surface area contributed by atoms with Crippen molar-refractivity contribution in [3.63, 3.8) is 0 Å². The minimum Gasteiger partial charge on any atom is -0.507 e. The third-order valence-electron chi connectivity index (χ3n) is 6.59. The first-order valence-electron chi connectivity index (χ1n) is 11.8. The summed E-state index contributed by atoms with van der Waals surface area (Å²) in [5, 5.41) is 30.9. The number of aromatic hydroxyl groups is 3. The van der Waals surface area contributed by atoms with Gasteiger partial charge in [-0.15, -0.1) is 0 Å². The number of fused-ring (bicyclic) bond motifs is 1. The number of methoxy groups -OCH3 is 2. The standard InChI is InChI=1S/C28H28N2O8/c1-15-10-24(33)26(28(36)30(15)9-8-16-4-7-22(31)23(32)11-16)19(14-25(34)38-3)20-12-17-5-6-18(37-2)13-21(17)29-27(20)35/h4-7,10-13,19,31-33H,8-9,14H2,1-3H3,(H,29,35)/t19-/m0/s1. The number of aromatic nitrogens is 2. The molecule has 4 aromatic rings. The van der Waals surface area contributed by atoms with E-state index in [9.17, 15) is 29.7 Å². The maximum Gasteiger partial charge on any atom is 0.306 e. The van der Waals surface area contributed by atoms with Crippen molar-refractivity contribution in [1.29, 1.82) is 0 Å². The Morgan fingerprint density at radius 1 is 0.974 bits per heavy atom. The van der Waals surface area contributed by atoms with Crippen LogP contribution in [0.5, 0.6) is 23.0 Å². The van der Waals surface area contributed by atoms with Gasteiger partial charge in [-0.2, -0.15) is 0 Å². The summed E-state index contributed by atoms with van der Waals surface area (Å²) in [5.41, 5.74) is 0.591. The first kappa shape index (κ1) is 26.3. The van der Waals surface area contributed by atoms with Gasteiger partial charge in [0.1, 0.15) is 11.5 Å². The zero-order valence-electron chi connectivity index (χ0n) is 21.1. The van der Waals surface area contributed by atoms with E-state index in [0.717, 1.165) is 0 Å². The predicted octanol–water partition coefficient (Wildman–Crippen LogP) is 3.06. The maximum atomic E-state index is 13.7. The van der Waals surface area contributed by atoms with E-state index in [4.69, 9.17) is 9.47 Å². The Morgan fingerprint density at radius 2 is 1.74 bits per heavy atom. The molecular formula is C28H28N2O8. The third-order valence-corrected chi connectivity index (χ3v) is 6.59. The molecule has 0 saturated heterocycles. The summed E-state index contributed by atoms with van der Waals surface area (Å²) in [6.45, 7) is 1.84. The molecule has 1 atom stereocenters. The number of aryl methyl sites for hydroxylation is 2. The van der Waals surface area contributed by atoms with Crippen LogP contribution in [-0.2, 0) is 22.5 Å². The number of aromatic amines is 1. The fraction of sp³-hybridized carbons (Fsp3) is 0.250. The number of hydrogen-bond donors (Lipinski definition) is 4. The lowest BCUT2D eigenvalue weighted by Gasteiger charge is -2.20. The van der Waals surface area contributed by atoms with Gasteiger partial charge in [-0.1, -0.05) is 6.07 Å². The molecule has 4 N–H and O–H groups in total. The van der Waals surface area contributed by atoms with E-state index in [2.05, 4.69) is 4.98 Å². The fourth-order valence-electron chi connectivity index (χ4n) is 4.54. The molecule has 0 aliphatic carbocycles. The Hall–Kier alpha value is -4.73. The SMILES string of the molecule is COC(=O)C[C@@H](c1cc2ccc(OC)cc2[nH]c1=O)c1c(O)cc(C)n(CCc2ccc(O)c(O)c2)c1=O. The number of ether oxygens (including phenoxy) is 2. The number of pyridine rings is 2. The second-order valence-electron chi connectivity index (χ2n) is 8.95. The number of esters is 1. The Morgan fingerprint density at radius 3 is 2.42 bits per heavy atom. The van der Waals surface area contributed by atoms with Gasteiger partial charge in [0, 0.05) is 29.8 Å². The summed E-state index contributed by atoms with van der Waals surface area (Å²) in [6.07, 6.45) is -0.0161. The quantitative estimate of drug-likeness (QED) is 0.204. The number of rotatable bonds is 8. The molecule has 0 spiro atoms. The largest absolute Gasteiger partial charge is 0.507 e. The Balaban J connectivity index is 1.83. The topological polar surface area (TPSA) is 151 Å². The number of nitrogens with one attached hydrogen (secondary N) is 1. The van der Waals surface area contributed by atoms with E-state index in [1.165, 1.54) is 37.0 Å². The number of phenols is 2. The van der Waals surface area contributed by atoms with Gasteiger partial charge in [-0.25, -0.2) is 0 Å². The first-order valence-corrected chi connectivity index (χ1v) is 11.8.